The number of nitrogens with one attached hydrogen (secondary N) is 1. The fourth-order valence-electron chi connectivity index (χ4n) is 1.69. The van der Waals surface area contributed by atoms with E-state index in [1.165, 1.54) is 32.1 Å². The predicted octanol–water partition coefficient (Wildman–Crippen LogP) is 1.97. The molecule has 4 nitrogen and oxygen atoms in total. The molecule has 2 unspecified atom stereocenters. The van der Waals surface area contributed by atoms with E-state index in [2.05, 4.69) is 12.4 Å². The van der Waals surface area contributed by atoms with E-state index in [-0.39, 0.29) is 6.04 Å². The first-order valence-corrected chi connectivity index (χ1v) is 7.01. The maximum absolute atomic E-state index is 9.59. The van der Waals surface area contributed by atoms with E-state index in [9.17, 15) is 5.11 Å². The molecule has 0 aromatic carbocycles. The average molecular weight is 246 g/mol. The molecule has 0 saturated heterocycles. The molecule has 0 aliphatic carbocycles. The van der Waals surface area contributed by atoms with Crippen LogP contribution < -0.4 is 11.2 Å². The minimum Gasteiger partial charge on any atom is -0.391 e. The highest BCUT2D eigenvalue weighted by Crippen LogP contribution is 2.04. The average Bonchev–Trinajstić information content (AvgIpc) is 2.36. The molecule has 0 aromatic heterocycles. The molecular formula is C13H30N2O2. The highest BCUT2D eigenvalue weighted by molar-refractivity contribution is 4.71. The number of nitrogens with two attached hydrogens (primary N) is 1. The van der Waals surface area contributed by atoms with Gasteiger partial charge in [-0.1, -0.05) is 46.0 Å². The van der Waals surface area contributed by atoms with E-state index >= 15 is 0 Å². The molecule has 0 saturated carbocycles. The highest BCUT2D eigenvalue weighted by Gasteiger charge is 2.15. The van der Waals surface area contributed by atoms with E-state index in [0.29, 0.717) is 19.6 Å². The van der Waals surface area contributed by atoms with Gasteiger partial charge in [0.2, 0.25) is 0 Å². The van der Waals surface area contributed by atoms with Crippen LogP contribution in [0, 0.1) is 0 Å². The van der Waals surface area contributed by atoms with Crippen LogP contribution in [-0.4, -0.2) is 30.4 Å². The van der Waals surface area contributed by atoms with Crippen molar-refractivity contribution in [1.82, 2.24) is 5.48 Å². The summed E-state index contributed by atoms with van der Waals surface area (Å²) in [7, 11) is 0. The highest BCUT2D eigenvalue weighted by atomic mass is 16.6. The maximum Gasteiger partial charge on any atom is 0.0725 e. The van der Waals surface area contributed by atoms with E-state index in [0.717, 1.165) is 6.42 Å². The minimum atomic E-state index is -0.426. The topological polar surface area (TPSA) is 67.5 Å². The van der Waals surface area contributed by atoms with Crippen molar-refractivity contribution >= 4 is 0 Å². The van der Waals surface area contributed by atoms with Crippen LogP contribution in [0.3, 0.4) is 0 Å². The number of unbranched alkanes of at least 4 members (excludes halogenated alkanes) is 5. The van der Waals surface area contributed by atoms with Crippen LogP contribution in [0.1, 0.15) is 58.8 Å². The maximum atomic E-state index is 9.59. The van der Waals surface area contributed by atoms with Gasteiger partial charge in [0.1, 0.15) is 0 Å². The molecule has 0 aliphatic rings. The first-order valence-electron chi connectivity index (χ1n) is 7.01. The zero-order valence-corrected chi connectivity index (χ0v) is 11.5. The third-order valence-electron chi connectivity index (χ3n) is 2.97. The normalized spacial score (nSPS) is 14.8. The number of hydrogen-bond donors (Lipinski definition) is 3. The van der Waals surface area contributed by atoms with Crippen LogP contribution in [0.25, 0.3) is 0 Å². The first-order chi connectivity index (χ1) is 8.26. The van der Waals surface area contributed by atoms with Crippen molar-refractivity contribution in [2.45, 2.75) is 70.9 Å². The summed E-state index contributed by atoms with van der Waals surface area (Å²) in [4.78, 5) is 5.33. The molecule has 0 aliphatic heterocycles. The molecule has 17 heavy (non-hydrogen) atoms. The Hall–Kier alpha value is -0.160. The summed E-state index contributed by atoms with van der Waals surface area (Å²) in [5.74, 6) is 0. The van der Waals surface area contributed by atoms with Gasteiger partial charge in [0.05, 0.1) is 18.8 Å². The third kappa shape index (κ3) is 9.53. The second-order valence-corrected chi connectivity index (χ2v) is 4.55. The van der Waals surface area contributed by atoms with Gasteiger partial charge in [-0.3, -0.25) is 0 Å². The van der Waals surface area contributed by atoms with Crippen molar-refractivity contribution < 1.29 is 9.94 Å². The molecule has 2 atom stereocenters. The Labute approximate surface area is 106 Å². The standard InChI is InChI=1S/C13H30N2O2/c1-3-5-6-7-8-9-10-17-15-12(11-14)13(16)4-2/h12-13,15-16H,3-11,14H2,1-2H3. The summed E-state index contributed by atoms with van der Waals surface area (Å²) in [6.07, 6.45) is 7.77. The largest absolute Gasteiger partial charge is 0.391 e. The van der Waals surface area contributed by atoms with E-state index in [1.807, 2.05) is 6.92 Å². The van der Waals surface area contributed by atoms with Crippen molar-refractivity contribution in [3.63, 3.8) is 0 Å². The van der Waals surface area contributed by atoms with Crippen molar-refractivity contribution in [2.24, 2.45) is 5.73 Å². The Bertz CT molecular complexity index is 156. The Balaban J connectivity index is 3.31. The molecule has 104 valence electrons. The third-order valence-corrected chi connectivity index (χ3v) is 2.97. The quantitative estimate of drug-likeness (QED) is 0.364. The molecule has 0 bridgehead atoms. The molecule has 0 fully saturated rings. The Kier molecular flexibility index (Phi) is 12.2. The second kappa shape index (κ2) is 12.3. The number of aliphatic hydroxyl groups is 1. The summed E-state index contributed by atoms with van der Waals surface area (Å²) in [6, 6.07) is -0.153. The predicted molar refractivity (Wildman–Crippen MR) is 71.6 cm³/mol. The first kappa shape index (κ1) is 16.8. The molecule has 4 N–H and O–H groups in total. The lowest BCUT2D eigenvalue weighted by atomic mass is 10.1. The van der Waals surface area contributed by atoms with Gasteiger partial charge in [0.25, 0.3) is 0 Å². The molecule has 4 heteroatoms. The molecule has 0 radical (unpaired) electrons. The molecule has 0 amide bonds. The fourth-order valence-corrected chi connectivity index (χ4v) is 1.69. The lowest BCUT2D eigenvalue weighted by Gasteiger charge is -2.21. The van der Waals surface area contributed by atoms with Crippen LogP contribution in [0.4, 0.5) is 0 Å². The zero-order valence-electron chi connectivity index (χ0n) is 11.5. The van der Waals surface area contributed by atoms with Crippen molar-refractivity contribution in [1.29, 1.82) is 0 Å². The number of aliphatic hydroxyl groups excluding tert-OH is 1. The van der Waals surface area contributed by atoms with Crippen molar-refractivity contribution in [2.75, 3.05) is 13.2 Å². The van der Waals surface area contributed by atoms with Gasteiger partial charge in [0, 0.05) is 6.54 Å². The number of hydrogen-bond acceptors (Lipinski definition) is 4. The lowest BCUT2D eigenvalue weighted by molar-refractivity contribution is -0.0221. The number of hydroxylamine groups is 1. The van der Waals surface area contributed by atoms with E-state index in [4.69, 9.17) is 10.6 Å². The summed E-state index contributed by atoms with van der Waals surface area (Å²) in [6.45, 7) is 5.24. The van der Waals surface area contributed by atoms with Crippen LogP contribution in [-0.2, 0) is 4.84 Å². The Morgan fingerprint density at radius 3 is 2.35 bits per heavy atom. The summed E-state index contributed by atoms with van der Waals surface area (Å²) < 4.78 is 0. The van der Waals surface area contributed by atoms with Crippen molar-refractivity contribution in [3.8, 4) is 0 Å². The molecule has 0 aromatic rings. The molecule has 0 heterocycles. The molecule has 0 spiro atoms. The summed E-state index contributed by atoms with van der Waals surface area (Å²) >= 11 is 0. The lowest BCUT2D eigenvalue weighted by Crippen LogP contribution is -2.45. The van der Waals surface area contributed by atoms with Crippen molar-refractivity contribution in [3.05, 3.63) is 0 Å². The van der Waals surface area contributed by atoms with Gasteiger partial charge in [-0.25, -0.2) is 0 Å². The molecule has 0 rings (SSSR count). The summed E-state index contributed by atoms with van der Waals surface area (Å²) in [5.41, 5.74) is 8.39. The monoisotopic (exact) mass is 246 g/mol. The van der Waals surface area contributed by atoms with E-state index in [1.54, 1.807) is 0 Å². The van der Waals surface area contributed by atoms with Crippen LogP contribution in [0.5, 0.6) is 0 Å². The Morgan fingerprint density at radius 2 is 1.76 bits per heavy atom. The van der Waals surface area contributed by atoms with Gasteiger partial charge in [0.15, 0.2) is 0 Å². The smallest absolute Gasteiger partial charge is 0.0725 e. The van der Waals surface area contributed by atoms with Crippen LogP contribution in [0.2, 0.25) is 0 Å². The molecular weight excluding hydrogens is 216 g/mol. The van der Waals surface area contributed by atoms with Gasteiger partial charge < -0.3 is 15.7 Å². The van der Waals surface area contributed by atoms with Gasteiger partial charge in [-0.2, -0.15) is 5.48 Å². The van der Waals surface area contributed by atoms with Gasteiger partial charge in [-0.05, 0) is 12.8 Å². The van der Waals surface area contributed by atoms with Gasteiger partial charge >= 0.3 is 0 Å². The minimum absolute atomic E-state index is 0.153. The van der Waals surface area contributed by atoms with Crippen LogP contribution >= 0.6 is 0 Å². The van der Waals surface area contributed by atoms with Gasteiger partial charge in [-0.15, -0.1) is 0 Å². The number of rotatable bonds is 12. The van der Waals surface area contributed by atoms with Crippen LogP contribution in [0.15, 0.2) is 0 Å². The Morgan fingerprint density at radius 1 is 1.12 bits per heavy atom. The van der Waals surface area contributed by atoms with E-state index < -0.39 is 6.10 Å². The summed E-state index contributed by atoms with van der Waals surface area (Å²) in [5, 5.41) is 9.59. The zero-order chi connectivity index (χ0) is 12.9. The second-order valence-electron chi connectivity index (χ2n) is 4.55. The SMILES string of the molecule is CCCCCCCCONC(CN)C(O)CC. The fraction of sp³-hybridized carbons (Fsp3) is 1.00.